The second-order valence-corrected chi connectivity index (χ2v) is 4.62. The molecule has 0 radical (unpaired) electrons. The van der Waals surface area contributed by atoms with Gasteiger partial charge in [0.2, 0.25) is 5.91 Å². The average Bonchev–Trinajstić information content (AvgIpc) is 2.35. The number of nitrogens with one attached hydrogen (secondary N) is 1. The first-order valence-corrected chi connectivity index (χ1v) is 6.32. The van der Waals surface area contributed by atoms with E-state index in [1.54, 1.807) is 0 Å². The third kappa shape index (κ3) is 4.66. The molecule has 1 fully saturated rings. The minimum atomic E-state index is -1.53. The Balaban J connectivity index is 3.08. The highest BCUT2D eigenvalue weighted by Gasteiger charge is 2.49. The zero-order valence-corrected chi connectivity index (χ0v) is 11.9. The predicted octanol–water partition coefficient (Wildman–Crippen LogP) is -1.94. The lowest BCUT2D eigenvalue weighted by molar-refractivity contribution is -0.263. The normalized spacial score (nSPS) is 32.1. The van der Waals surface area contributed by atoms with Crippen LogP contribution in [0.1, 0.15) is 20.8 Å². The van der Waals surface area contributed by atoms with Crippen LogP contribution in [0.2, 0.25) is 0 Å². The van der Waals surface area contributed by atoms with Gasteiger partial charge in [0.15, 0.2) is 18.5 Å². The van der Waals surface area contributed by atoms with Gasteiger partial charge < -0.3 is 29.7 Å². The molecule has 1 heterocycles. The fourth-order valence-corrected chi connectivity index (χ4v) is 2.12. The number of carbonyl (C=O) groups is 3. The average molecular weight is 305 g/mol. The molecular formula is C12H19NO8. The summed E-state index contributed by atoms with van der Waals surface area (Å²) in [7, 11) is 0. The van der Waals surface area contributed by atoms with Gasteiger partial charge >= 0.3 is 11.9 Å². The molecule has 0 spiro atoms. The number of hydrogen-bond donors (Lipinski definition) is 3. The maximum Gasteiger partial charge on any atom is 0.303 e. The van der Waals surface area contributed by atoms with Crippen molar-refractivity contribution < 1.29 is 38.8 Å². The maximum absolute atomic E-state index is 11.2. The number of aliphatic hydroxyl groups is 2. The van der Waals surface area contributed by atoms with E-state index in [2.05, 4.69) is 5.32 Å². The first kappa shape index (κ1) is 17.3. The number of ether oxygens (including phenoxy) is 3. The maximum atomic E-state index is 11.2. The van der Waals surface area contributed by atoms with E-state index in [4.69, 9.17) is 14.2 Å². The molecule has 0 saturated carbocycles. The van der Waals surface area contributed by atoms with Gasteiger partial charge in [-0.15, -0.1) is 0 Å². The lowest BCUT2D eigenvalue weighted by Gasteiger charge is -2.43. The van der Waals surface area contributed by atoms with Crippen molar-refractivity contribution in [2.75, 3.05) is 6.61 Å². The van der Waals surface area contributed by atoms with Crippen molar-refractivity contribution in [3.63, 3.8) is 0 Å². The molecule has 120 valence electrons. The molecule has 0 aromatic carbocycles. The second-order valence-electron chi connectivity index (χ2n) is 4.62. The Labute approximate surface area is 121 Å². The third-order valence-electron chi connectivity index (χ3n) is 2.82. The van der Waals surface area contributed by atoms with Crippen molar-refractivity contribution in [2.24, 2.45) is 0 Å². The van der Waals surface area contributed by atoms with Gasteiger partial charge in [-0.2, -0.15) is 0 Å². The highest BCUT2D eigenvalue weighted by Crippen LogP contribution is 2.25. The number of carbonyl (C=O) groups excluding carboxylic acids is 3. The first-order chi connectivity index (χ1) is 9.76. The van der Waals surface area contributed by atoms with Gasteiger partial charge in [0.1, 0.15) is 12.1 Å². The van der Waals surface area contributed by atoms with Crippen LogP contribution in [0.4, 0.5) is 0 Å². The molecule has 0 unspecified atom stereocenters. The smallest absolute Gasteiger partial charge is 0.303 e. The monoisotopic (exact) mass is 305 g/mol. The zero-order valence-electron chi connectivity index (χ0n) is 11.9. The van der Waals surface area contributed by atoms with Crippen molar-refractivity contribution in [1.82, 2.24) is 5.32 Å². The summed E-state index contributed by atoms with van der Waals surface area (Å²) in [4.78, 5) is 33.6. The summed E-state index contributed by atoms with van der Waals surface area (Å²) in [6.07, 6.45) is -4.95. The molecule has 1 aliphatic heterocycles. The Morgan fingerprint density at radius 1 is 1.10 bits per heavy atom. The molecule has 1 saturated heterocycles. The van der Waals surface area contributed by atoms with E-state index >= 15 is 0 Å². The van der Waals surface area contributed by atoms with Crippen molar-refractivity contribution in [3.05, 3.63) is 0 Å². The van der Waals surface area contributed by atoms with Gasteiger partial charge in [-0.05, 0) is 0 Å². The fourth-order valence-electron chi connectivity index (χ4n) is 2.12. The van der Waals surface area contributed by atoms with Crippen LogP contribution in [-0.4, -0.2) is 65.3 Å². The van der Waals surface area contributed by atoms with Crippen LogP contribution >= 0.6 is 0 Å². The Bertz CT molecular complexity index is 412. The summed E-state index contributed by atoms with van der Waals surface area (Å²) in [5, 5.41) is 21.5. The number of aliphatic hydroxyl groups excluding tert-OH is 2. The van der Waals surface area contributed by atoms with Gasteiger partial charge in [0.05, 0.1) is 6.61 Å². The van der Waals surface area contributed by atoms with Crippen LogP contribution in [0.25, 0.3) is 0 Å². The van der Waals surface area contributed by atoms with Crippen LogP contribution in [0.15, 0.2) is 0 Å². The van der Waals surface area contributed by atoms with Crippen molar-refractivity contribution in [2.45, 2.75) is 51.4 Å². The highest BCUT2D eigenvalue weighted by atomic mass is 16.7. The summed E-state index contributed by atoms with van der Waals surface area (Å²) in [5.41, 5.74) is 0. The Morgan fingerprint density at radius 3 is 2.05 bits per heavy atom. The first-order valence-electron chi connectivity index (χ1n) is 6.32. The fraction of sp³-hybridized carbons (Fsp3) is 0.750. The molecule has 1 aliphatic rings. The molecule has 0 aromatic heterocycles. The molecule has 0 aliphatic carbocycles. The van der Waals surface area contributed by atoms with E-state index < -0.39 is 55.1 Å². The Kier molecular flexibility index (Phi) is 6.06. The Morgan fingerprint density at radius 2 is 1.62 bits per heavy atom. The molecule has 21 heavy (non-hydrogen) atoms. The lowest BCUT2D eigenvalue weighted by atomic mass is 9.96. The summed E-state index contributed by atoms with van der Waals surface area (Å²) in [6.45, 7) is 2.90. The standard InChI is InChI=1S/C12H19NO8/c1-5(15)13-9-11(20-7(3)17)10(19-6(2)16)8(4-14)21-12(9)18/h8-12,14,18H,4H2,1-3H3,(H,13,15)/t8-,9+,10+,11+,12-/m0/s1. The lowest BCUT2D eigenvalue weighted by Crippen LogP contribution is -2.65. The molecular weight excluding hydrogens is 286 g/mol. The number of amides is 1. The SMILES string of the molecule is CC(=O)N[C@@H]1[C@@H](OC(C)=O)[C@H](OC(C)=O)[C@H](CO)O[C@@H]1O. The summed E-state index contributed by atoms with van der Waals surface area (Å²) >= 11 is 0. The number of rotatable bonds is 4. The van der Waals surface area contributed by atoms with E-state index in [0.29, 0.717) is 0 Å². The third-order valence-corrected chi connectivity index (χ3v) is 2.82. The van der Waals surface area contributed by atoms with Gasteiger partial charge in [-0.1, -0.05) is 0 Å². The van der Waals surface area contributed by atoms with Crippen LogP contribution in [0, 0.1) is 0 Å². The van der Waals surface area contributed by atoms with Crippen molar-refractivity contribution >= 4 is 17.8 Å². The molecule has 9 nitrogen and oxygen atoms in total. The van der Waals surface area contributed by atoms with E-state index in [1.807, 2.05) is 0 Å². The van der Waals surface area contributed by atoms with Crippen molar-refractivity contribution in [3.8, 4) is 0 Å². The number of esters is 2. The molecule has 1 amide bonds. The minimum Gasteiger partial charge on any atom is -0.456 e. The molecule has 3 N–H and O–H groups in total. The molecule has 9 heteroatoms. The topological polar surface area (TPSA) is 131 Å². The quantitative estimate of drug-likeness (QED) is 0.511. The van der Waals surface area contributed by atoms with Crippen LogP contribution in [0.5, 0.6) is 0 Å². The van der Waals surface area contributed by atoms with Gasteiger partial charge in [0.25, 0.3) is 0 Å². The summed E-state index contributed by atoms with van der Waals surface area (Å²) in [5.74, 6) is -1.88. The highest BCUT2D eigenvalue weighted by molar-refractivity contribution is 5.73. The van der Waals surface area contributed by atoms with E-state index in [-0.39, 0.29) is 0 Å². The number of hydrogen-bond acceptors (Lipinski definition) is 8. The molecule has 0 bridgehead atoms. The predicted molar refractivity (Wildman–Crippen MR) is 66.7 cm³/mol. The summed E-state index contributed by atoms with van der Waals surface area (Å²) < 4.78 is 15.1. The van der Waals surface area contributed by atoms with Gasteiger partial charge in [0, 0.05) is 20.8 Å². The van der Waals surface area contributed by atoms with Crippen molar-refractivity contribution in [1.29, 1.82) is 0 Å². The largest absolute Gasteiger partial charge is 0.456 e. The Hall–Kier alpha value is -1.71. The zero-order chi connectivity index (χ0) is 16.2. The van der Waals surface area contributed by atoms with E-state index in [1.165, 1.54) is 6.92 Å². The van der Waals surface area contributed by atoms with E-state index in [9.17, 15) is 24.6 Å². The molecule has 5 atom stereocenters. The molecule has 1 rings (SSSR count). The van der Waals surface area contributed by atoms with Crippen LogP contribution in [-0.2, 0) is 28.6 Å². The van der Waals surface area contributed by atoms with Gasteiger partial charge in [-0.3, -0.25) is 14.4 Å². The van der Waals surface area contributed by atoms with E-state index in [0.717, 1.165) is 13.8 Å². The van der Waals surface area contributed by atoms with Crippen LogP contribution < -0.4 is 5.32 Å². The van der Waals surface area contributed by atoms with Crippen LogP contribution in [0.3, 0.4) is 0 Å². The minimum absolute atomic E-state index is 0.496. The van der Waals surface area contributed by atoms with Gasteiger partial charge in [-0.25, -0.2) is 0 Å². The second kappa shape index (κ2) is 7.34. The summed E-state index contributed by atoms with van der Waals surface area (Å²) in [6, 6.07) is -1.13. The molecule has 0 aromatic rings.